The molecule has 1 aromatic rings. The first-order valence-corrected chi connectivity index (χ1v) is 10.2. The van der Waals surface area contributed by atoms with E-state index < -0.39 is 0 Å². The second-order valence-corrected chi connectivity index (χ2v) is 6.94. The van der Waals surface area contributed by atoms with Crippen LogP contribution in [0.2, 0.25) is 5.02 Å². The van der Waals surface area contributed by atoms with Crippen LogP contribution >= 0.6 is 11.6 Å². The number of rotatable bonds is 10. The molecule has 0 bridgehead atoms. The molecule has 1 heterocycles. The van der Waals surface area contributed by atoms with Gasteiger partial charge in [0, 0.05) is 51.5 Å². The molecule has 1 fully saturated rings. The number of morpholine rings is 1. The van der Waals surface area contributed by atoms with Crippen molar-refractivity contribution in [3.63, 3.8) is 0 Å². The third-order valence-corrected chi connectivity index (χ3v) is 4.85. The van der Waals surface area contributed by atoms with E-state index in [1.807, 2.05) is 25.1 Å². The molecule has 1 aliphatic rings. The Balaban J connectivity index is 1.88. The van der Waals surface area contributed by atoms with Gasteiger partial charge >= 0.3 is 0 Å². The van der Waals surface area contributed by atoms with Gasteiger partial charge in [-0.15, -0.1) is 0 Å². The summed E-state index contributed by atoms with van der Waals surface area (Å²) in [6.45, 7) is 8.64. The normalized spacial score (nSPS) is 16.9. The van der Waals surface area contributed by atoms with Crippen molar-refractivity contribution in [2.75, 3.05) is 59.7 Å². The van der Waals surface area contributed by atoms with Gasteiger partial charge in [0.15, 0.2) is 5.96 Å². The minimum Gasteiger partial charge on any atom is -0.382 e. The lowest BCUT2D eigenvalue weighted by Crippen LogP contribution is -2.46. The van der Waals surface area contributed by atoms with Gasteiger partial charge in [-0.1, -0.05) is 23.7 Å². The van der Waals surface area contributed by atoms with E-state index in [-0.39, 0.29) is 6.04 Å². The summed E-state index contributed by atoms with van der Waals surface area (Å²) in [7, 11) is 1.80. The molecule has 0 saturated carbocycles. The molecule has 2 N–H and O–H groups in total. The predicted molar refractivity (Wildman–Crippen MR) is 112 cm³/mol. The van der Waals surface area contributed by atoms with Crippen molar-refractivity contribution in [2.24, 2.45) is 4.99 Å². The number of aliphatic imine (C=N–C) groups is 1. The summed E-state index contributed by atoms with van der Waals surface area (Å²) in [6.07, 6.45) is 2.11. The molecular weight excluding hydrogens is 364 g/mol. The summed E-state index contributed by atoms with van der Waals surface area (Å²) in [5.41, 5.74) is 1.21. The Morgan fingerprint density at radius 3 is 2.81 bits per heavy atom. The Morgan fingerprint density at radius 1 is 1.30 bits per heavy atom. The fourth-order valence-corrected chi connectivity index (χ4v) is 3.35. The molecule has 0 aromatic heterocycles. The van der Waals surface area contributed by atoms with Crippen LogP contribution in [-0.2, 0) is 9.47 Å². The van der Waals surface area contributed by atoms with E-state index in [1.165, 1.54) is 5.56 Å². The summed E-state index contributed by atoms with van der Waals surface area (Å²) in [6, 6.07) is 8.34. The highest BCUT2D eigenvalue weighted by Gasteiger charge is 2.23. The van der Waals surface area contributed by atoms with Gasteiger partial charge in [-0.25, -0.2) is 0 Å². The highest BCUT2D eigenvalue weighted by molar-refractivity contribution is 6.30. The Morgan fingerprint density at radius 2 is 2.11 bits per heavy atom. The number of nitrogens with one attached hydrogen (secondary N) is 2. The van der Waals surface area contributed by atoms with Crippen molar-refractivity contribution in [1.82, 2.24) is 15.5 Å². The zero-order valence-corrected chi connectivity index (χ0v) is 17.3. The summed E-state index contributed by atoms with van der Waals surface area (Å²) < 4.78 is 10.9. The van der Waals surface area contributed by atoms with Crippen LogP contribution < -0.4 is 10.6 Å². The van der Waals surface area contributed by atoms with Crippen molar-refractivity contribution in [1.29, 1.82) is 0 Å². The largest absolute Gasteiger partial charge is 0.382 e. The molecule has 0 aliphatic carbocycles. The van der Waals surface area contributed by atoms with Gasteiger partial charge in [-0.2, -0.15) is 0 Å². The number of guanidine groups is 1. The van der Waals surface area contributed by atoms with Gasteiger partial charge < -0.3 is 20.1 Å². The zero-order valence-electron chi connectivity index (χ0n) is 16.5. The first kappa shape index (κ1) is 22.0. The van der Waals surface area contributed by atoms with Gasteiger partial charge in [-0.3, -0.25) is 9.89 Å². The minimum absolute atomic E-state index is 0.226. The maximum Gasteiger partial charge on any atom is 0.191 e. The number of benzene rings is 1. The van der Waals surface area contributed by atoms with E-state index in [0.29, 0.717) is 0 Å². The average molecular weight is 397 g/mol. The Labute approximate surface area is 168 Å². The Bertz CT molecular complexity index is 565. The monoisotopic (exact) mass is 396 g/mol. The molecular formula is C20H33ClN4O2. The smallest absolute Gasteiger partial charge is 0.191 e. The van der Waals surface area contributed by atoms with Crippen LogP contribution in [0.15, 0.2) is 29.3 Å². The summed E-state index contributed by atoms with van der Waals surface area (Å²) >= 11 is 6.23. The molecule has 7 heteroatoms. The van der Waals surface area contributed by atoms with Crippen LogP contribution in [0.4, 0.5) is 0 Å². The number of hydrogen-bond donors (Lipinski definition) is 2. The lowest BCUT2D eigenvalue weighted by atomic mass is 10.0. The molecule has 6 nitrogen and oxygen atoms in total. The SMILES string of the molecule is CCOCCCCNC(=NC)NCC(c1cccc(Cl)c1)N1CCOCC1. The molecule has 1 atom stereocenters. The first-order chi connectivity index (χ1) is 13.2. The van der Waals surface area contributed by atoms with E-state index in [0.717, 1.165) is 76.4 Å². The summed E-state index contributed by atoms with van der Waals surface area (Å²) in [4.78, 5) is 6.79. The number of unbranched alkanes of at least 4 members (excludes halogenated alkanes) is 1. The third-order valence-electron chi connectivity index (χ3n) is 4.62. The molecule has 1 aromatic carbocycles. The number of hydrogen-bond acceptors (Lipinski definition) is 4. The minimum atomic E-state index is 0.226. The van der Waals surface area contributed by atoms with Gasteiger partial charge in [0.05, 0.1) is 19.3 Å². The van der Waals surface area contributed by atoms with E-state index in [4.69, 9.17) is 21.1 Å². The fraction of sp³-hybridized carbons (Fsp3) is 0.650. The van der Waals surface area contributed by atoms with E-state index >= 15 is 0 Å². The maximum absolute atomic E-state index is 6.23. The Hall–Kier alpha value is -1.34. The number of halogens is 1. The third kappa shape index (κ3) is 8.05. The van der Waals surface area contributed by atoms with Crippen molar-refractivity contribution >= 4 is 17.6 Å². The van der Waals surface area contributed by atoms with Crippen LogP contribution in [0.25, 0.3) is 0 Å². The maximum atomic E-state index is 6.23. The summed E-state index contributed by atoms with van der Waals surface area (Å²) in [5.74, 6) is 0.826. The lowest BCUT2D eigenvalue weighted by molar-refractivity contribution is 0.0170. The summed E-state index contributed by atoms with van der Waals surface area (Å²) in [5, 5.41) is 7.62. The highest BCUT2D eigenvalue weighted by Crippen LogP contribution is 2.23. The first-order valence-electron chi connectivity index (χ1n) is 9.84. The van der Waals surface area contributed by atoms with Crippen LogP contribution in [0.1, 0.15) is 31.4 Å². The van der Waals surface area contributed by atoms with Gasteiger partial charge in [-0.05, 0) is 37.5 Å². The molecule has 152 valence electrons. The highest BCUT2D eigenvalue weighted by atomic mass is 35.5. The molecule has 0 radical (unpaired) electrons. The quantitative estimate of drug-likeness (QED) is 0.362. The molecule has 0 amide bonds. The second kappa shape index (κ2) is 12.9. The molecule has 1 saturated heterocycles. The second-order valence-electron chi connectivity index (χ2n) is 6.50. The van der Waals surface area contributed by atoms with Crippen molar-refractivity contribution in [3.8, 4) is 0 Å². The van der Waals surface area contributed by atoms with Crippen LogP contribution in [0.3, 0.4) is 0 Å². The van der Waals surface area contributed by atoms with E-state index in [2.05, 4.69) is 26.6 Å². The van der Waals surface area contributed by atoms with Crippen molar-refractivity contribution in [2.45, 2.75) is 25.8 Å². The number of ether oxygens (including phenoxy) is 2. The molecule has 1 aliphatic heterocycles. The Kier molecular flexibility index (Phi) is 10.5. The number of nitrogens with zero attached hydrogens (tertiary/aromatic N) is 2. The standard InChI is InChI=1S/C20H33ClN4O2/c1-3-26-12-5-4-9-23-20(22-2)24-16-19(25-10-13-27-14-11-25)17-7-6-8-18(21)15-17/h6-8,15,19H,3-5,9-14,16H2,1-2H3,(H2,22,23,24). The molecule has 27 heavy (non-hydrogen) atoms. The zero-order chi connectivity index (χ0) is 19.3. The molecule has 0 spiro atoms. The van der Waals surface area contributed by atoms with Gasteiger partial charge in [0.1, 0.15) is 0 Å². The van der Waals surface area contributed by atoms with Crippen LogP contribution in [-0.4, -0.2) is 70.5 Å². The van der Waals surface area contributed by atoms with Crippen molar-refractivity contribution in [3.05, 3.63) is 34.9 Å². The van der Waals surface area contributed by atoms with E-state index in [9.17, 15) is 0 Å². The van der Waals surface area contributed by atoms with Crippen LogP contribution in [0.5, 0.6) is 0 Å². The van der Waals surface area contributed by atoms with Crippen molar-refractivity contribution < 1.29 is 9.47 Å². The van der Waals surface area contributed by atoms with E-state index in [1.54, 1.807) is 7.05 Å². The van der Waals surface area contributed by atoms with Gasteiger partial charge in [0.2, 0.25) is 0 Å². The lowest BCUT2D eigenvalue weighted by Gasteiger charge is -2.35. The van der Waals surface area contributed by atoms with Gasteiger partial charge in [0.25, 0.3) is 0 Å². The topological polar surface area (TPSA) is 58.1 Å². The average Bonchev–Trinajstić information content (AvgIpc) is 2.70. The van der Waals surface area contributed by atoms with Crippen LogP contribution in [0, 0.1) is 0 Å². The molecule has 2 rings (SSSR count). The predicted octanol–water partition coefficient (Wildman–Crippen LogP) is 2.70. The fourth-order valence-electron chi connectivity index (χ4n) is 3.15. The molecule has 1 unspecified atom stereocenters.